The van der Waals surface area contributed by atoms with Gasteiger partial charge in [0, 0.05) is 11.6 Å². The van der Waals surface area contributed by atoms with E-state index in [0.717, 1.165) is 12.8 Å². The van der Waals surface area contributed by atoms with Crippen molar-refractivity contribution in [1.82, 2.24) is 0 Å². The van der Waals surface area contributed by atoms with Crippen LogP contribution >= 0.6 is 0 Å². The Morgan fingerprint density at radius 2 is 1.89 bits per heavy atom. The summed E-state index contributed by atoms with van der Waals surface area (Å²) in [6.45, 7) is 3.55. The van der Waals surface area contributed by atoms with Gasteiger partial charge in [-0.3, -0.25) is 9.59 Å². The quantitative estimate of drug-likeness (QED) is 0.842. The number of hydrogen-bond acceptors (Lipinski definition) is 2. The molecule has 0 saturated carbocycles. The summed E-state index contributed by atoms with van der Waals surface area (Å²) in [7, 11) is 0. The molecule has 18 heavy (non-hydrogen) atoms. The second kappa shape index (κ2) is 6.79. The zero-order valence-corrected chi connectivity index (χ0v) is 10.8. The van der Waals surface area contributed by atoms with Gasteiger partial charge in [0.25, 0.3) is 0 Å². The van der Waals surface area contributed by atoms with E-state index in [0.29, 0.717) is 5.69 Å². The van der Waals surface area contributed by atoms with Gasteiger partial charge in [-0.2, -0.15) is 0 Å². The molecule has 0 saturated heterocycles. The largest absolute Gasteiger partial charge is 0.480 e. The number of amides is 1. The maximum atomic E-state index is 12.2. The van der Waals surface area contributed by atoms with Crippen LogP contribution in [0.2, 0.25) is 0 Å². The summed E-state index contributed by atoms with van der Waals surface area (Å²) >= 11 is 0. The summed E-state index contributed by atoms with van der Waals surface area (Å²) in [6.07, 6.45) is 1.67. The standard InChI is InChI=1S/C14H19NO3/c1-3-7-11(2)14(18)15(10-13(16)17)12-8-5-4-6-9-12/h4-6,8-9,11H,3,7,10H2,1-2H3,(H,16,17). The van der Waals surface area contributed by atoms with E-state index >= 15 is 0 Å². The average molecular weight is 249 g/mol. The van der Waals surface area contributed by atoms with Gasteiger partial charge in [-0.15, -0.1) is 0 Å². The van der Waals surface area contributed by atoms with E-state index in [1.54, 1.807) is 24.3 Å². The number of carbonyl (C=O) groups excluding carboxylic acids is 1. The Hall–Kier alpha value is -1.84. The van der Waals surface area contributed by atoms with Crippen LogP contribution in [0.4, 0.5) is 5.69 Å². The van der Waals surface area contributed by atoms with Crippen LogP contribution in [0, 0.1) is 5.92 Å². The maximum absolute atomic E-state index is 12.2. The zero-order valence-electron chi connectivity index (χ0n) is 10.8. The summed E-state index contributed by atoms with van der Waals surface area (Å²) in [5, 5.41) is 8.91. The minimum atomic E-state index is -1.00. The molecule has 98 valence electrons. The molecule has 0 aliphatic heterocycles. The van der Waals surface area contributed by atoms with E-state index in [2.05, 4.69) is 0 Å². The van der Waals surface area contributed by atoms with Crippen molar-refractivity contribution in [3.63, 3.8) is 0 Å². The third kappa shape index (κ3) is 3.87. The minimum Gasteiger partial charge on any atom is -0.480 e. The Bertz CT molecular complexity index is 403. The highest BCUT2D eigenvalue weighted by molar-refractivity contribution is 5.98. The van der Waals surface area contributed by atoms with Crippen LogP contribution in [0.15, 0.2) is 30.3 Å². The van der Waals surface area contributed by atoms with Crippen LogP contribution in [-0.4, -0.2) is 23.5 Å². The number of hydrogen-bond donors (Lipinski definition) is 1. The SMILES string of the molecule is CCCC(C)C(=O)N(CC(=O)O)c1ccccc1. The molecule has 0 spiro atoms. The van der Waals surface area contributed by atoms with Crippen LogP contribution in [0.25, 0.3) is 0 Å². The average Bonchev–Trinajstić information content (AvgIpc) is 2.36. The molecule has 1 N–H and O–H groups in total. The third-order valence-electron chi connectivity index (χ3n) is 2.77. The first kappa shape index (κ1) is 14.2. The molecule has 1 amide bonds. The van der Waals surface area contributed by atoms with Gasteiger partial charge in [-0.1, -0.05) is 38.5 Å². The van der Waals surface area contributed by atoms with Crippen LogP contribution in [0.5, 0.6) is 0 Å². The van der Waals surface area contributed by atoms with Gasteiger partial charge in [0.05, 0.1) is 0 Å². The molecule has 4 heteroatoms. The molecule has 0 heterocycles. The van der Waals surface area contributed by atoms with Crippen molar-refractivity contribution in [1.29, 1.82) is 0 Å². The first-order chi connectivity index (χ1) is 8.56. The Labute approximate surface area is 107 Å². The zero-order chi connectivity index (χ0) is 13.5. The van der Waals surface area contributed by atoms with Gasteiger partial charge in [0.1, 0.15) is 6.54 Å². The number of benzene rings is 1. The first-order valence-corrected chi connectivity index (χ1v) is 6.14. The third-order valence-corrected chi connectivity index (χ3v) is 2.77. The van der Waals surface area contributed by atoms with Gasteiger partial charge < -0.3 is 10.0 Å². The van der Waals surface area contributed by atoms with Crippen LogP contribution < -0.4 is 4.90 Å². The number of carboxylic acid groups (broad SMARTS) is 1. The van der Waals surface area contributed by atoms with Crippen molar-refractivity contribution in [3.05, 3.63) is 30.3 Å². The summed E-state index contributed by atoms with van der Waals surface area (Å²) in [4.78, 5) is 24.4. The summed E-state index contributed by atoms with van der Waals surface area (Å²) < 4.78 is 0. The van der Waals surface area contributed by atoms with E-state index in [-0.39, 0.29) is 18.4 Å². The van der Waals surface area contributed by atoms with Gasteiger partial charge in [0.15, 0.2) is 0 Å². The molecular formula is C14H19NO3. The molecule has 1 rings (SSSR count). The molecule has 0 aliphatic carbocycles. The van der Waals surface area contributed by atoms with Crippen molar-refractivity contribution in [2.45, 2.75) is 26.7 Å². The fraction of sp³-hybridized carbons (Fsp3) is 0.429. The van der Waals surface area contributed by atoms with E-state index in [9.17, 15) is 9.59 Å². The summed E-state index contributed by atoms with van der Waals surface area (Å²) in [5.74, 6) is -1.30. The van der Waals surface area contributed by atoms with Crippen LogP contribution in [0.3, 0.4) is 0 Å². The molecule has 0 aliphatic rings. The normalized spacial score (nSPS) is 11.9. The Balaban J connectivity index is 2.91. The number of rotatable bonds is 6. The Kier molecular flexibility index (Phi) is 5.36. The minimum absolute atomic E-state index is 0.134. The van der Waals surface area contributed by atoms with Crippen molar-refractivity contribution in [3.8, 4) is 0 Å². The lowest BCUT2D eigenvalue weighted by Crippen LogP contribution is -2.39. The van der Waals surface area contributed by atoms with Crippen molar-refractivity contribution in [2.24, 2.45) is 5.92 Å². The Morgan fingerprint density at radius 3 is 2.39 bits per heavy atom. The van der Waals surface area contributed by atoms with Crippen molar-refractivity contribution >= 4 is 17.6 Å². The number of aliphatic carboxylic acids is 1. The highest BCUT2D eigenvalue weighted by Crippen LogP contribution is 2.18. The first-order valence-electron chi connectivity index (χ1n) is 6.14. The Morgan fingerprint density at radius 1 is 1.28 bits per heavy atom. The van der Waals surface area contributed by atoms with E-state index in [1.165, 1.54) is 4.90 Å². The van der Waals surface area contributed by atoms with Crippen LogP contribution in [0.1, 0.15) is 26.7 Å². The molecule has 0 aromatic heterocycles. The molecule has 0 bridgehead atoms. The predicted molar refractivity (Wildman–Crippen MR) is 70.5 cm³/mol. The van der Waals surface area contributed by atoms with Gasteiger partial charge in [-0.05, 0) is 18.6 Å². The number of para-hydroxylation sites is 1. The van der Waals surface area contributed by atoms with Crippen molar-refractivity contribution < 1.29 is 14.7 Å². The lowest BCUT2D eigenvalue weighted by Gasteiger charge is -2.24. The molecule has 4 nitrogen and oxygen atoms in total. The molecule has 1 aromatic rings. The summed E-state index contributed by atoms with van der Waals surface area (Å²) in [6, 6.07) is 8.92. The second-order valence-electron chi connectivity index (χ2n) is 4.34. The molecule has 1 unspecified atom stereocenters. The number of nitrogens with zero attached hydrogens (tertiary/aromatic N) is 1. The monoisotopic (exact) mass is 249 g/mol. The highest BCUT2D eigenvalue weighted by Gasteiger charge is 2.23. The van der Waals surface area contributed by atoms with E-state index < -0.39 is 5.97 Å². The number of carboxylic acids is 1. The van der Waals surface area contributed by atoms with E-state index in [4.69, 9.17) is 5.11 Å². The maximum Gasteiger partial charge on any atom is 0.323 e. The van der Waals surface area contributed by atoms with Gasteiger partial charge >= 0.3 is 5.97 Å². The molecule has 0 fully saturated rings. The smallest absolute Gasteiger partial charge is 0.323 e. The molecule has 0 radical (unpaired) electrons. The van der Waals surface area contributed by atoms with Crippen LogP contribution in [-0.2, 0) is 9.59 Å². The number of carbonyl (C=O) groups is 2. The van der Waals surface area contributed by atoms with Gasteiger partial charge in [0.2, 0.25) is 5.91 Å². The molecule has 1 aromatic carbocycles. The van der Waals surface area contributed by atoms with Gasteiger partial charge in [-0.25, -0.2) is 0 Å². The lowest BCUT2D eigenvalue weighted by molar-refractivity contribution is -0.137. The molecule has 1 atom stereocenters. The number of anilines is 1. The topological polar surface area (TPSA) is 57.6 Å². The second-order valence-corrected chi connectivity index (χ2v) is 4.34. The fourth-order valence-electron chi connectivity index (χ4n) is 1.86. The summed E-state index contributed by atoms with van der Waals surface area (Å²) in [5.41, 5.74) is 0.632. The van der Waals surface area contributed by atoms with E-state index in [1.807, 2.05) is 19.9 Å². The lowest BCUT2D eigenvalue weighted by atomic mass is 10.0. The highest BCUT2D eigenvalue weighted by atomic mass is 16.4. The van der Waals surface area contributed by atoms with Crippen molar-refractivity contribution in [2.75, 3.05) is 11.4 Å². The predicted octanol–water partition coefficient (Wildman–Crippen LogP) is 2.54. The fourth-order valence-corrected chi connectivity index (χ4v) is 1.86. The molecular weight excluding hydrogens is 230 g/mol.